The molecule has 20 heavy (non-hydrogen) atoms. The van der Waals surface area contributed by atoms with Gasteiger partial charge in [0.1, 0.15) is 5.84 Å². The number of benzene rings is 1. The van der Waals surface area contributed by atoms with E-state index in [1.807, 2.05) is 0 Å². The van der Waals surface area contributed by atoms with Gasteiger partial charge in [-0.3, -0.25) is 0 Å². The molecular weight excluding hydrogens is 268 g/mol. The molecule has 0 aromatic heterocycles. The highest BCUT2D eigenvalue weighted by molar-refractivity contribution is 5.91. The zero-order chi connectivity index (χ0) is 14.9. The smallest absolute Gasteiger partial charge is 0.397 e. The molecule has 1 aromatic carbocycles. The first-order valence-corrected chi connectivity index (χ1v) is 5.64. The van der Waals surface area contributed by atoms with Gasteiger partial charge in [0.2, 0.25) is 0 Å². The third-order valence-electron chi connectivity index (χ3n) is 2.62. The molecule has 0 amide bonds. The summed E-state index contributed by atoms with van der Waals surface area (Å²) in [5, 5.41) is 0. The maximum Gasteiger partial charge on any atom is 0.586 e. The summed E-state index contributed by atoms with van der Waals surface area (Å²) in [5.74, 6) is 0.0867. The van der Waals surface area contributed by atoms with Crippen LogP contribution in [0.2, 0.25) is 0 Å². The number of rotatable bonds is 3. The molecular formula is C13H13F2N3O2. The van der Waals surface area contributed by atoms with Crippen molar-refractivity contribution in [2.75, 3.05) is 0 Å². The highest BCUT2D eigenvalue weighted by Gasteiger charge is 2.43. The number of halogens is 2. The molecule has 0 radical (unpaired) electrons. The largest absolute Gasteiger partial charge is 0.586 e. The van der Waals surface area contributed by atoms with Crippen LogP contribution in [0.1, 0.15) is 11.1 Å². The van der Waals surface area contributed by atoms with E-state index in [-0.39, 0.29) is 23.0 Å². The Bertz CT molecular complexity index is 624. The van der Waals surface area contributed by atoms with E-state index in [1.165, 1.54) is 24.4 Å². The van der Waals surface area contributed by atoms with E-state index in [2.05, 4.69) is 21.0 Å². The highest BCUT2D eigenvalue weighted by atomic mass is 19.3. The molecule has 1 aliphatic heterocycles. The number of fused-ring (bicyclic) bond motifs is 1. The van der Waals surface area contributed by atoms with Gasteiger partial charge >= 0.3 is 6.29 Å². The summed E-state index contributed by atoms with van der Waals surface area (Å²) in [4.78, 5) is 3.85. The summed E-state index contributed by atoms with van der Waals surface area (Å²) in [5.41, 5.74) is 12.7. The van der Waals surface area contributed by atoms with Crippen LogP contribution in [-0.4, -0.2) is 12.1 Å². The van der Waals surface area contributed by atoms with Crippen molar-refractivity contribution in [2.24, 2.45) is 16.5 Å². The van der Waals surface area contributed by atoms with Crippen molar-refractivity contribution in [3.8, 4) is 11.5 Å². The van der Waals surface area contributed by atoms with Crippen LogP contribution in [0.15, 0.2) is 36.0 Å². The normalized spacial score (nSPS) is 17.1. The summed E-state index contributed by atoms with van der Waals surface area (Å²) >= 11 is 0. The summed E-state index contributed by atoms with van der Waals surface area (Å²) < 4.78 is 34.6. The van der Waals surface area contributed by atoms with Gasteiger partial charge in [-0.1, -0.05) is 6.58 Å². The van der Waals surface area contributed by atoms with E-state index < -0.39 is 6.29 Å². The fourth-order valence-corrected chi connectivity index (χ4v) is 1.68. The first-order chi connectivity index (χ1) is 9.32. The Morgan fingerprint density at radius 1 is 1.30 bits per heavy atom. The predicted octanol–water partition coefficient (Wildman–Crippen LogP) is 2.12. The minimum atomic E-state index is -3.66. The third-order valence-corrected chi connectivity index (χ3v) is 2.62. The zero-order valence-electron chi connectivity index (χ0n) is 10.7. The number of alkyl halides is 2. The molecule has 0 fully saturated rings. The average molecular weight is 281 g/mol. The Hall–Kier alpha value is -2.57. The molecule has 4 N–H and O–H groups in total. The molecule has 7 heteroatoms. The lowest BCUT2D eigenvalue weighted by Crippen LogP contribution is -2.25. The van der Waals surface area contributed by atoms with Crippen LogP contribution < -0.4 is 20.9 Å². The zero-order valence-corrected chi connectivity index (χ0v) is 10.7. The second kappa shape index (κ2) is 4.84. The molecule has 1 aliphatic rings. The topological polar surface area (TPSA) is 82.9 Å². The Morgan fingerprint density at radius 3 is 2.50 bits per heavy atom. The van der Waals surface area contributed by atoms with E-state index >= 15 is 0 Å². The van der Waals surface area contributed by atoms with Crippen molar-refractivity contribution in [1.82, 2.24) is 0 Å². The van der Waals surface area contributed by atoms with E-state index in [1.54, 1.807) is 6.92 Å². The summed E-state index contributed by atoms with van der Waals surface area (Å²) in [6.45, 7) is 5.15. The molecule has 0 spiro atoms. The Labute approximate surface area is 114 Å². The van der Waals surface area contributed by atoms with Gasteiger partial charge in [-0.25, -0.2) is 4.99 Å². The number of nitrogens with zero attached hydrogens (tertiary/aromatic N) is 1. The second-order valence-corrected chi connectivity index (χ2v) is 4.12. The van der Waals surface area contributed by atoms with Crippen LogP contribution in [0, 0.1) is 6.92 Å². The molecule has 2 rings (SSSR count). The van der Waals surface area contributed by atoms with Crippen LogP contribution in [-0.2, 0) is 0 Å². The van der Waals surface area contributed by atoms with E-state index in [0.717, 1.165) is 0 Å². The maximum atomic E-state index is 13.0. The maximum absolute atomic E-state index is 13.0. The molecule has 1 heterocycles. The number of hydrogen-bond donors (Lipinski definition) is 2. The number of nitrogens with two attached hydrogens (primary N) is 2. The molecule has 0 atom stereocenters. The van der Waals surface area contributed by atoms with Gasteiger partial charge in [-0.2, -0.15) is 0 Å². The van der Waals surface area contributed by atoms with Crippen molar-refractivity contribution in [1.29, 1.82) is 0 Å². The van der Waals surface area contributed by atoms with Crippen molar-refractivity contribution >= 4 is 11.5 Å². The number of ether oxygens (including phenoxy) is 2. The van der Waals surface area contributed by atoms with Gasteiger partial charge in [-0.15, -0.1) is 8.78 Å². The number of hydrogen-bond acceptors (Lipinski definition) is 4. The molecule has 0 saturated carbocycles. The fourth-order valence-electron chi connectivity index (χ4n) is 1.68. The second-order valence-electron chi connectivity index (χ2n) is 4.12. The SMILES string of the molecule is C=CC(N)=N/C=C(\N)c1cc2c(cc1C)OC(F)(F)O2. The standard InChI is InChI=1S/C13H13F2N3O2/c1-3-12(17)18-6-9(16)8-5-11-10(4-7(8)2)19-13(14,15)20-11/h3-6H,1,16H2,2H3,(H2,17,18)/b9-6-. The van der Waals surface area contributed by atoms with Gasteiger partial charge in [0.15, 0.2) is 11.5 Å². The summed E-state index contributed by atoms with van der Waals surface area (Å²) in [7, 11) is 0. The van der Waals surface area contributed by atoms with Crippen molar-refractivity contribution < 1.29 is 18.3 Å². The van der Waals surface area contributed by atoms with Crippen molar-refractivity contribution in [3.05, 3.63) is 42.1 Å². The van der Waals surface area contributed by atoms with Crippen LogP contribution in [0.4, 0.5) is 8.78 Å². The molecule has 5 nitrogen and oxygen atoms in total. The number of aryl methyl sites for hydroxylation is 1. The number of amidine groups is 1. The lowest BCUT2D eigenvalue weighted by Gasteiger charge is -2.06. The third kappa shape index (κ3) is 2.71. The van der Waals surface area contributed by atoms with Crippen LogP contribution in [0.5, 0.6) is 11.5 Å². The quantitative estimate of drug-likeness (QED) is 0.656. The minimum absolute atomic E-state index is 0.0295. The van der Waals surface area contributed by atoms with Crippen LogP contribution in [0.25, 0.3) is 5.70 Å². The first kappa shape index (κ1) is 13.9. The summed E-state index contributed by atoms with van der Waals surface area (Å²) in [6.07, 6.45) is -0.978. The Balaban J connectivity index is 2.38. The highest BCUT2D eigenvalue weighted by Crippen LogP contribution is 2.43. The van der Waals surface area contributed by atoms with Crippen molar-refractivity contribution in [3.63, 3.8) is 0 Å². The Morgan fingerprint density at radius 2 is 1.90 bits per heavy atom. The Kier molecular flexibility index (Phi) is 3.35. The first-order valence-electron chi connectivity index (χ1n) is 5.64. The van der Waals surface area contributed by atoms with Crippen LogP contribution in [0.3, 0.4) is 0 Å². The molecule has 0 aliphatic carbocycles. The monoisotopic (exact) mass is 281 g/mol. The lowest BCUT2D eigenvalue weighted by molar-refractivity contribution is -0.286. The van der Waals surface area contributed by atoms with Gasteiger partial charge in [0, 0.05) is 5.56 Å². The van der Waals surface area contributed by atoms with Crippen LogP contribution >= 0.6 is 0 Å². The average Bonchev–Trinajstić information content (AvgIpc) is 2.67. The lowest BCUT2D eigenvalue weighted by atomic mass is 10.1. The molecule has 0 saturated heterocycles. The molecule has 0 unspecified atom stereocenters. The molecule has 106 valence electrons. The van der Waals surface area contributed by atoms with Gasteiger partial charge in [0.05, 0.1) is 11.9 Å². The van der Waals surface area contributed by atoms with Crippen molar-refractivity contribution in [2.45, 2.75) is 13.2 Å². The van der Waals surface area contributed by atoms with Gasteiger partial charge in [0.25, 0.3) is 0 Å². The number of aliphatic imine (C=N–C) groups is 1. The van der Waals surface area contributed by atoms with E-state index in [0.29, 0.717) is 11.1 Å². The van der Waals surface area contributed by atoms with Gasteiger partial charge in [-0.05, 0) is 30.7 Å². The fraction of sp³-hybridized carbons (Fsp3) is 0.154. The molecule has 1 aromatic rings. The predicted molar refractivity (Wildman–Crippen MR) is 71.4 cm³/mol. The summed E-state index contributed by atoms with van der Waals surface area (Å²) in [6, 6.07) is 2.80. The van der Waals surface area contributed by atoms with Gasteiger partial charge < -0.3 is 20.9 Å². The van der Waals surface area contributed by atoms with E-state index in [9.17, 15) is 8.78 Å². The molecule has 0 bridgehead atoms. The minimum Gasteiger partial charge on any atom is -0.397 e. The van der Waals surface area contributed by atoms with E-state index in [4.69, 9.17) is 11.5 Å².